The zero-order valence-electron chi connectivity index (χ0n) is 16.8. The van der Waals surface area contributed by atoms with Crippen LogP contribution in [0, 0.1) is 0 Å². The maximum absolute atomic E-state index is 9.55. The van der Waals surface area contributed by atoms with Crippen LogP contribution >= 0.6 is 0 Å². The van der Waals surface area contributed by atoms with Gasteiger partial charge in [0.2, 0.25) is 0 Å². The number of benzene rings is 1. The van der Waals surface area contributed by atoms with Crippen LogP contribution in [0.15, 0.2) is 47.7 Å². The fourth-order valence-electron chi connectivity index (χ4n) is 2.66. The molecule has 0 amide bonds. The molecule has 0 aliphatic carbocycles. The van der Waals surface area contributed by atoms with E-state index in [1.54, 1.807) is 6.33 Å². The van der Waals surface area contributed by atoms with Crippen LogP contribution in [0.25, 0.3) is 11.4 Å². The molecular formula is C20H26N6O4. The molecule has 160 valence electrons. The van der Waals surface area contributed by atoms with E-state index >= 15 is 0 Å². The van der Waals surface area contributed by atoms with Gasteiger partial charge in [0.05, 0.1) is 13.1 Å². The number of nitrogens with zero attached hydrogens (tertiary/aromatic N) is 4. The fourth-order valence-corrected chi connectivity index (χ4v) is 2.66. The summed E-state index contributed by atoms with van der Waals surface area (Å²) < 4.78 is 1.98. The molecule has 10 nitrogen and oxygen atoms in total. The van der Waals surface area contributed by atoms with E-state index in [2.05, 4.69) is 44.8 Å². The average molecular weight is 414 g/mol. The van der Waals surface area contributed by atoms with Crippen molar-refractivity contribution >= 4 is 23.5 Å². The predicted molar refractivity (Wildman–Crippen MR) is 114 cm³/mol. The van der Waals surface area contributed by atoms with E-state index in [0.29, 0.717) is 18.7 Å². The van der Waals surface area contributed by atoms with E-state index in [1.807, 2.05) is 16.8 Å². The van der Waals surface area contributed by atoms with Gasteiger partial charge in [-0.25, -0.2) is 19.3 Å². The lowest BCUT2D eigenvalue weighted by molar-refractivity contribution is -0.134. The van der Waals surface area contributed by atoms with E-state index in [4.69, 9.17) is 10.2 Å². The first-order chi connectivity index (χ1) is 14.5. The minimum Gasteiger partial charge on any atom is -0.478 e. The number of para-hydroxylation sites is 1. The van der Waals surface area contributed by atoms with Crippen molar-refractivity contribution in [2.75, 3.05) is 25.0 Å². The smallest absolute Gasteiger partial charge is 0.328 e. The summed E-state index contributed by atoms with van der Waals surface area (Å²) in [6.45, 7) is 5.59. The number of carboxylic acids is 2. The largest absolute Gasteiger partial charge is 0.478 e. The summed E-state index contributed by atoms with van der Waals surface area (Å²) in [4.78, 5) is 28.0. The van der Waals surface area contributed by atoms with Crippen molar-refractivity contribution in [3.05, 3.63) is 42.7 Å². The normalized spacial score (nSPS) is 12.6. The molecule has 1 aromatic carbocycles. The summed E-state index contributed by atoms with van der Waals surface area (Å²) in [5.74, 6) is -0.583. The van der Waals surface area contributed by atoms with Crippen molar-refractivity contribution in [2.24, 2.45) is 4.99 Å². The number of amidine groups is 1. The molecule has 0 spiro atoms. The summed E-state index contributed by atoms with van der Waals surface area (Å²) in [5.41, 5.74) is 2.14. The van der Waals surface area contributed by atoms with Crippen molar-refractivity contribution in [1.29, 1.82) is 0 Å². The number of aryl methyl sites for hydroxylation is 1. The third-order valence-corrected chi connectivity index (χ3v) is 4.07. The molecule has 0 saturated carbocycles. The van der Waals surface area contributed by atoms with E-state index in [9.17, 15) is 9.59 Å². The summed E-state index contributed by atoms with van der Waals surface area (Å²) in [6.07, 6.45) is 4.99. The second kappa shape index (κ2) is 12.0. The van der Waals surface area contributed by atoms with Crippen molar-refractivity contribution in [1.82, 2.24) is 20.1 Å². The molecule has 0 radical (unpaired) electrons. The van der Waals surface area contributed by atoms with Crippen LogP contribution in [0.2, 0.25) is 0 Å². The van der Waals surface area contributed by atoms with E-state index in [1.165, 1.54) is 0 Å². The second-order valence-electron chi connectivity index (χ2n) is 6.32. The zero-order valence-corrected chi connectivity index (χ0v) is 16.8. The highest BCUT2D eigenvalue weighted by atomic mass is 16.4. The van der Waals surface area contributed by atoms with Crippen LogP contribution in [0.1, 0.15) is 19.8 Å². The number of aliphatic carboxylic acids is 2. The minimum atomic E-state index is -1.26. The predicted octanol–water partition coefficient (Wildman–Crippen LogP) is 1.87. The summed E-state index contributed by atoms with van der Waals surface area (Å²) >= 11 is 0. The van der Waals surface area contributed by atoms with Crippen molar-refractivity contribution in [3.8, 4) is 11.4 Å². The number of anilines is 1. The van der Waals surface area contributed by atoms with E-state index in [0.717, 1.165) is 55.4 Å². The number of rotatable bonds is 9. The Bertz CT molecular complexity index is 890. The molecule has 0 fully saturated rings. The van der Waals surface area contributed by atoms with Gasteiger partial charge in [-0.1, -0.05) is 25.5 Å². The van der Waals surface area contributed by atoms with Crippen LogP contribution in [0.3, 0.4) is 0 Å². The molecular weight excluding hydrogens is 388 g/mol. The van der Waals surface area contributed by atoms with Gasteiger partial charge in [-0.15, -0.1) is 0 Å². The number of aliphatic imine (C=N–C) groups is 1. The van der Waals surface area contributed by atoms with Gasteiger partial charge in [-0.2, -0.15) is 5.10 Å². The lowest BCUT2D eigenvalue weighted by Gasteiger charge is -2.12. The molecule has 1 aliphatic heterocycles. The molecule has 2 heterocycles. The van der Waals surface area contributed by atoms with Crippen molar-refractivity contribution in [2.45, 2.75) is 26.3 Å². The number of hydrogen-bond acceptors (Lipinski definition) is 7. The van der Waals surface area contributed by atoms with Gasteiger partial charge in [0.25, 0.3) is 0 Å². The summed E-state index contributed by atoms with van der Waals surface area (Å²) in [7, 11) is 0. The fraction of sp³-hybridized carbons (Fsp3) is 0.350. The summed E-state index contributed by atoms with van der Waals surface area (Å²) in [6, 6.07) is 8.22. The van der Waals surface area contributed by atoms with Crippen molar-refractivity contribution in [3.63, 3.8) is 0 Å². The monoisotopic (exact) mass is 414 g/mol. The zero-order chi connectivity index (χ0) is 21.8. The quantitative estimate of drug-likeness (QED) is 0.456. The molecule has 0 saturated heterocycles. The standard InChI is InChI=1S/C16H22N6.C4H4O4/c1-2-3-10-22-16(20-12-21-22)13-6-4-5-7-14(13)19-11-15-17-8-9-18-15;5-3(6)1-2-4(7)8/h4-7,12,19H,2-3,8-11H2,1H3,(H,17,18);1-2H,(H,5,6)(H,7,8)/b;2-1+. The molecule has 3 rings (SSSR count). The van der Waals surface area contributed by atoms with Crippen LogP contribution in [0.4, 0.5) is 5.69 Å². The Kier molecular flexibility index (Phi) is 9.04. The number of aromatic nitrogens is 3. The Labute approximate surface area is 174 Å². The Balaban J connectivity index is 0.000000343. The Hall–Kier alpha value is -3.69. The molecule has 1 aromatic heterocycles. The first kappa shape index (κ1) is 22.6. The van der Waals surface area contributed by atoms with Gasteiger partial charge in [-0.3, -0.25) is 4.99 Å². The van der Waals surface area contributed by atoms with Gasteiger partial charge in [0.1, 0.15) is 12.2 Å². The van der Waals surface area contributed by atoms with Crippen molar-refractivity contribution < 1.29 is 19.8 Å². The van der Waals surface area contributed by atoms with Crippen LogP contribution in [-0.4, -0.2) is 62.4 Å². The highest BCUT2D eigenvalue weighted by Gasteiger charge is 2.12. The van der Waals surface area contributed by atoms with Crippen LogP contribution in [-0.2, 0) is 16.1 Å². The SMILES string of the molecule is CCCCn1ncnc1-c1ccccc1NCC1=NCCN1.O=C(O)/C=C/C(=O)O. The highest BCUT2D eigenvalue weighted by Crippen LogP contribution is 2.26. The first-order valence-electron chi connectivity index (χ1n) is 9.63. The van der Waals surface area contributed by atoms with Gasteiger partial charge in [0, 0.05) is 36.5 Å². The number of hydrogen-bond donors (Lipinski definition) is 4. The van der Waals surface area contributed by atoms with E-state index in [-0.39, 0.29) is 0 Å². The van der Waals surface area contributed by atoms with Gasteiger partial charge in [0.15, 0.2) is 5.82 Å². The number of carbonyl (C=O) groups is 2. The van der Waals surface area contributed by atoms with Crippen LogP contribution < -0.4 is 10.6 Å². The molecule has 0 unspecified atom stereocenters. The molecule has 1 aliphatic rings. The maximum atomic E-state index is 9.55. The number of unbranched alkanes of at least 4 members (excludes halogenated alkanes) is 1. The van der Waals surface area contributed by atoms with Gasteiger partial charge < -0.3 is 20.8 Å². The van der Waals surface area contributed by atoms with Crippen LogP contribution in [0.5, 0.6) is 0 Å². The van der Waals surface area contributed by atoms with Gasteiger partial charge in [-0.05, 0) is 18.6 Å². The Morgan fingerprint density at radius 2 is 1.97 bits per heavy atom. The molecule has 4 N–H and O–H groups in total. The Morgan fingerprint density at radius 3 is 2.60 bits per heavy atom. The topological polar surface area (TPSA) is 142 Å². The lowest BCUT2D eigenvalue weighted by atomic mass is 10.1. The molecule has 30 heavy (non-hydrogen) atoms. The second-order valence-corrected chi connectivity index (χ2v) is 6.32. The third-order valence-electron chi connectivity index (χ3n) is 4.07. The summed E-state index contributed by atoms with van der Waals surface area (Å²) in [5, 5.41) is 26.7. The molecule has 0 atom stereocenters. The third kappa shape index (κ3) is 7.38. The maximum Gasteiger partial charge on any atom is 0.328 e. The average Bonchev–Trinajstić information content (AvgIpc) is 3.42. The minimum absolute atomic E-state index is 0.558. The Morgan fingerprint density at radius 1 is 1.23 bits per heavy atom. The van der Waals surface area contributed by atoms with E-state index < -0.39 is 11.9 Å². The molecule has 10 heteroatoms. The highest BCUT2D eigenvalue weighted by molar-refractivity contribution is 5.89. The lowest BCUT2D eigenvalue weighted by Crippen LogP contribution is -2.26. The number of nitrogens with one attached hydrogen (secondary N) is 2. The first-order valence-corrected chi connectivity index (χ1v) is 9.63. The molecule has 0 bridgehead atoms. The molecule has 2 aromatic rings. The number of carboxylic acid groups (broad SMARTS) is 2. The van der Waals surface area contributed by atoms with Gasteiger partial charge >= 0.3 is 11.9 Å².